The van der Waals surface area contributed by atoms with Crippen LogP contribution in [0.15, 0.2) is 28.5 Å². The van der Waals surface area contributed by atoms with Gasteiger partial charge < -0.3 is 9.64 Å². The molecule has 1 aliphatic rings. The minimum atomic E-state index is -2.82. The number of halogens is 1. The summed E-state index contributed by atoms with van der Waals surface area (Å²) in [4.78, 5) is 14.6. The highest BCUT2D eigenvalue weighted by molar-refractivity contribution is 8.27. The summed E-state index contributed by atoms with van der Waals surface area (Å²) < 4.78 is 24.9. The van der Waals surface area contributed by atoms with Crippen LogP contribution in [0, 0.1) is 0 Å². The van der Waals surface area contributed by atoms with Crippen LogP contribution in [-0.4, -0.2) is 47.2 Å². The fraction of sp³-hybridized carbons (Fsp3) is 0.471. The molecule has 0 aromatic heterocycles. The molecular formula is C17H26ClNO4S. The van der Waals surface area contributed by atoms with Crippen LogP contribution in [0.2, 0.25) is 0 Å². The van der Waals surface area contributed by atoms with Crippen molar-refractivity contribution in [2.45, 2.75) is 30.6 Å². The van der Waals surface area contributed by atoms with Crippen molar-refractivity contribution in [1.29, 1.82) is 0 Å². The van der Waals surface area contributed by atoms with E-state index in [0.717, 1.165) is 32.2 Å². The van der Waals surface area contributed by atoms with Gasteiger partial charge in [-0.05, 0) is 63.3 Å². The van der Waals surface area contributed by atoms with E-state index in [9.17, 15) is 13.9 Å². The molecular weight excluding hydrogens is 350 g/mol. The van der Waals surface area contributed by atoms with E-state index in [-0.39, 0.29) is 18.4 Å². The quantitative estimate of drug-likeness (QED) is 0.517. The van der Waals surface area contributed by atoms with E-state index < -0.39 is 10.6 Å². The maximum Gasteiger partial charge on any atom is 0.338 e. The summed E-state index contributed by atoms with van der Waals surface area (Å²) in [5, 5.41) is 1.38. The predicted octanol–water partition coefficient (Wildman–Crippen LogP) is 4.48. The maximum atomic E-state index is 12.0. The van der Waals surface area contributed by atoms with Crippen molar-refractivity contribution in [1.82, 2.24) is 4.90 Å². The van der Waals surface area contributed by atoms with E-state index in [0.29, 0.717) is 22.6 Å². The molecule has 0 radical (unpaired) electrons. The molecule has 2 rings (SSSR count). The van der Waals surface area contributed by atoms with E-state index >= 15 is 0 Å². The third-order valence-electron chi connectivity index (χ3n) is 3.74. The van der Waals surface area contributed by atoms with Gasteiger partial charge in [0.15, 0.2) is 0 Å². The molecule has 5 nitrogen and oxygen atoms in total. The maximum absolute atomic E-state index is 12.0. The summed E-state index contributed by atoms with van der Waals surface area (Å²) in [5.74, 6) is -0.363. The van der Waals surface area contributed by atoms with Crippen molar-refractivity contribution in [3.63, 3.8) is 0 Å². The average molecular weight is 376 g/mol. The second-order valence-corrected chi connectivity index (χ2v) is 7.90. The molecule has 2 N–H and O–H groups in total. The Balaban J connectivity index is 0.00000288. The van der Waals surface area contributed by atoms with Crippen molar-refractivity contribution >= 4 is 35.0 Å². The molecule has 0 fully saturated rings. The Hall–Kier alpha value is -1.05. The molecule has 136 valence electrons. The monoisotopic (exact) mass is 375 g/mol. The lowest BCUT2D eigenvalue weighted by atomic mass is 10.1. The highest BCUT2D eigenvalue weighted by Crippen LogP contribution is 2.55. The van der Waals surface area contributed by atoms with Gasteiger partial charge in [0.1, 0.15) is 0 Å². The van der Waals surface area contributed by atoms with Crippen LogP contribution in [0.5, 0.6) is 0 Å². The van der Waals surface area contributed by atoms with Crippen LogP contribution in [0.3, 0.4) is 0 Å². The van der Waals surface area contributed by atoms with Crippen LogP contribution in [0.4, 0.5) is 0 Å². The van der Waals surface area contributed by atoms with Crippen LogP contribution >= 0.6 is 23.0 Å². The first-order valence-corrected chi connectivity index (χ1v) is 9.43. The lowest BCUT2D eigenvalue weighted by molar-refractivity contribution is 0.0497. The van der Waals surface area contributed by atoms with Gasteiger partial charge in [0.2, 0.25) is 0 Å². The Morgan fingerprint density at radius 3 is 2.58 bits per heavy atom. The van der Waals surface area contributed by atoms with E-state index in [2.05, 4.69) is 19.0 Å². The Labute approximate surface area is 151 Å². The summed E-state index contributed by atoms with van der Waals surface area (Å²) in [7, 11) is 1.30. The molecule has 0 amide bonds. The average Bonchev–Trinajstić information content (AvgIpc) is 2.81. The number of unbranched alkanes of at least 4 members (excludes halogenated alkanes) is 3. The molecule has 0 saturated heterocycles. The summed E-state index contributed by atoms with van der Waals surface area (Å²) in [6.07, 6.45) is 5.84. The zero-order valence-electron chi connectivity index (χ0n) is 14.1. The van der Waals surface area contributed by atoms with Crippen LogP contribution in [0.25, 0.3) is 6.08 Å². The highest BCUT2D eigenvalue weighted by atomic mass is 35.5. The third kappa shape index (κ3) is 5.79. The largest absolute Gasteiger partial charge is 0.462 e. The molecule has 0 atom stereocenters. The Bertz CT molecular complexity index is 590. The van der Waals surface area contributed by atoms with Gasteiger partial charge in [-0.3, -0.25) is 9.11 Å². The number of ether oxygens (including phenoxy) is 1. The molecule has 1 aromatic carbocycles. The van der Waals surface area contributed by atoms with Crippen molar-refractivity contribution < 1.29 is 18.6 Å². The number of rotatable bonds is 8. The first-order valence-electron chi connectivity index (χ1n) is 7.82. The molecule has 0 spiro atoms. The van der Waals surface area contributed by atoms with Crippen molar-refractivity contribution in [2.75, 3.05) is 27.2 Å². The number of nitrogens with zero attached hydrogens (tertiary/aromatic N) is 1. The summed E-state index contributed by atoms with van der Waals surface area (Å²) in [5.41, 5.74) is 1.11. The normalized spacial score (nSPS) is 15.7. The summed E-state index contributed by atoms with van der Waals surface area (Å²) >= 11 is 0. The number of carbonyl (C=O) groups excluding carboxylic acids is 1. The van der Waals surface area contributed by atoms with Gasteiger partial charge >= 0.3 is 5.97 Å². The number of carbonyl (C=O) groups is 1. The predicted molar refractivity (Wildman–Crippen MR) is 101 cm³/mol. The van der Waals surface area contributed by atoms with Crippen molar-refractivity contribution in [3.05, 3.63) is 34.7 Å². The summed E-state index contributed by atoms with van der Waals surface area (Å²) in [6, 6.07) is 4.81. The molecule has 0 bridgehead atoms. The zero-order chi connectivity index (χ0) is 16.9. The third-order valence-corrected chi connectivity index (χ3v) is 5.27. The topological polar surface area (TPSA) is 70.0 Å². The molecule has 1 aromatic rings. The van der Waals surface area contributed by atoms with E-state index in [1.165, 1.54) is 5.41 Å². The van der Waals surface area contributed by atoms with Gasteiger partial charge in [-0.25, -0.2) is 4.79 Å². The van der Waals surface area contributed by atoms with Crippen LogP contribution < -0.4 is 0 Å². The number of hydrogen-bond acceptors (Lipinski definition) is 5. The lowest BCUT2D eigenvalue weighted by Gasteiger charge is -2.25. The first kappa shape index (κ1) is 21.0. The van der Waals surface area contributed by atoms with E-state index in [1.807, 2.05) is 0 Å². The van der Waals surface area contributed by atoms with Gasteiger partial charge in [0.05, 0.1) is 17.1 Å². The zero-order valence-corrected chi connectivity index (χ0v) is 15.7. The fourth-order valence-corrected chi connectivity index (χ4v) is 3.68. The van der Waals surface area contributed by atoms with Gasteiger partial charge in [-0.2, -0.15) is 0 Å². The molecule has 7 heteroatoms. The minimum Gasteiger partial charge on any atom is -0.462 e. The SMILES string of the molecule is CN(C)CCCCCCOC(=O)c1ccc2c(c1)C=CS2(O)O.Cl. The molecule has 0 aliphatic carbocycles. The fourth-order valence-electron chi connectivity index (χ4n) is 2.45. The van der Waals surface area contributed by atoms with Gasteiger partial charge in [-0.15, -0.1) is 23.0 Å². The minimum absolute atomic E-state index is 0. The molecule has 0 unspecified atom stereocenters. The van der Waals surface area contributed by atoms with Crippen molar-refractivity contribution in [3.8, 4) is 0 Å². The van der Waals surface area contributed by atoms with Crippen LogP contribution in [0.1, 0.15) is 41.6 Å². The second-order valence-electron chi connectivity index (χ2n) is 6.00. The number of fused-ring (bicyclic) bond motifs is 1. The van der Waals surface area contributed by atoms with E-state index in [4.69, 9.17) is 4.74 Å². The molecule has 24 heavy (non-hydrogen) atoms. The second kappa shape index (κ2) is 9.44. The van der Waals surface area contributed by atoms with Gasteiger partial charge in [0, 0.05) is 5.41 Å². The van der Waals surface area contributed by atoms with Gasteiger partial charge in [0.25, 0.3) is 0 Å². The smallest absolute Gasteiger partial charge is 0.338 e. The molecule has 1 aliphatic heterocycles. The number of benzene rings is 1. The Kier molecular flexibility index (Phi) is 8.26. The van der Waals surface area contributed by atoms with E-state index in [1.54, 1.807) is 24.3 Å². The van der Waals surface area contributed by atoms with Gasteiger partial charge in [-0.1, -0.05) is 12.8 Å². The molecule has 0 saturated carbocycles. The molecule has 1 heterocycles. The lowest BCUT2D eigenvalue weighted by Crippen LogP contribution is -2.12. The number of hydrogen-bond donors (Lipinski definition) is 2. The Morgan fingerprint density at radius 2 is 1.88 bits per heavy atom. The van der Waals surface area contributed by atoms with Crippen LogP contribution in [-0.2, 0) is 4.74 Å². The number of esters is 1. The first-order chi connectivity index (χ1) is 10.9. The standard InChI is InChI=1S/C17H25NO4S.ClH/c1-18(2)10-5-3-4-6-11-22-17(19)15-7-8-16-14(13-15)9-12-23(16,20)21;/h7-9,12-13,20-21H,3-6,10-11H2,1-2H3;1H. The highest BCUT2D eigenvalue weighted by Gasteiger charge is 2.22. The van der Waals surface area contributed by atoms with Crippen molar-refractivity contribution in [2.24, 2.45) is 0 Å². The Morgan fingerprint density at radius 1 is 1.17 bits per heavy atom. The summed E-state index contributed by atoms with van der Waals surface area (Å²) in [6.45, 7) is 1.50.